The number of rotatable bonds is 14. The van der Waals surface area contributed by atoms with Gasteiger partial charge in [0.15, 0.2) is 5.79 Å². The average Bonchev–Trinajstić information content (AvgIpc) is 3.55. The van der Waals surface area contributed by atoms with Crippen molar-refractivity contribution in [3.63, 3.8) is 0 Å². The van der Waals surface area contributed by atoms with Gasteiger partial charge in [0.2, 0.25) is 0 Å². The third-order valence-electron chi connectivity index (χ3n) is 6.11. The molecule has 7 heteroatoms. The molecule has 0 amide bonds. The molecule has 7 nitrogen and oxygen atoms in total. The Morgan fingerprint density at radius 3 is 2.54 bits per heavy atom. The third kappa shape index (κ3) is 7.56. The van der Waals surface area contributed by atoms with Crippen LogP contribution in [0.1, 0.15) is 37.3 Å². The molecule has 2 unspecified atom stereocenters. The Kier molecular flexibility index (Phi) is 9.17. The van der Waals surface area contributed by atoms with Crippen molar-refractivity contribution in [1.82, 2.24) is 9.55 Å². The Labute approximate surface area is 207 Å². The van der Waals surface area contributed by atoms with Crippen LogP contribution in [0, 0.1) is 0 Å². The number of nitrogens with zero attached hydrogens (tertiary/aromatic N) is 2. The molecule has 4 rings (SSSR count). The summed E-state index contributed by atoms with van der Waals surface area (Å²) in [6.45, 7) is 5.00. The number of ether oxygens (including phenoxy) is 5. The monoisotopic (exact) mass is 480 g/mol. The van der Waals surface area contributed by atoms with E-state index in [-0.39, 0.29) is 6.10 Å². The van der Waals surface area contributed by atoms with E-state index in [4.69, 9.17) is 23.7 Å². The summed E-state index contributed by atoms with van der Waals surface area (Å²) < 4.78 is 31.7. The summed E-state index contributed by atoms with van der Waals surface area (Å²) in [5, 5.41) is 0. The van der Waals surface area contributed by atoms with E-state index in [0.29, 0.717) is 26.4 Å². The van der Waals surface area contributed by atoms with Gasteiger partial charge in [-0.2, -0.15) is 0 Å². The first kappa shape index (κ1) is 25.2. The van der Waals surface area contributed by atoms with Crippen LogP contribution in [0.5, 0.6) is 11.5 Å². The van der Waals surface area contributed by atoms with Crippen molar-refractivity contribution < 1.29 is 23.7 Å². The topological polar surface area (TPSA) is 64.0 Å². The number of methoxy groups -OCH3 is 1. The minimum absolute atomic E-state index is 0.119. The third-order valence-corrected chi connectivity index (χ3v) is 6.11. The first-order chi connectivity index (χ1) is 17.2. The van der Waals surface area contributed by atoms with E-state index in [1.165, 1.54) is 5.56 Å². The van der Waals surface area contributed by atoms with Gasteiger partial charge in [-0.25, -0.2) is 4.98 Å². The molecule has 1 aromatic heterocycles. The summed E-state index contributed by atoms with van der Waals surface area (Å²) in [4.78, 5) is 4.17. The fraction of sp³-hybridized carbons (Fsp3) is 0.464. The van der Waals surface area contributed by atoms with E-state index < -0.39 is 5.79 Å². The Morgan fingerprint density at radius 1 is 1.06 bits per heavy atom. The van der Waals surface area contributed by atoms with Crippen molar-refractivity contribution in [1.29, 1.82) is 0 Å². The first-order valence-corrected chi connectivity index (χ1v) is 12.4. The van der Waals surface area contributed by atoms with E-state index in [1.807, 2.05) is 47.2 Å². The summed E-state index contributed by atoms with van der Waals surface area (Å²) in [6.07, 6.45) is 9.13. The van der Waals surface area contributed by atoms with Gasteiger partial charge >= 0.3 is 0 Å². The van der Waals surface area contributed by atoms with Crippen LogP contribution in [0.2, 0.25) is 0 Å². The number of aryl methyl sites for hydroxylation is 1. The molecule has 2 heterocycles. The lowest BCUT2D eigenvalue weighted by Crippen LogP contribution is -2.37. The number of aromatic nitrogens is 2. The summed E-state index contributed by atoms with van der Waals surface area (Å²) in [6, 6.07) is 16.2. The van der Waals surface area contributed by atoms with Crippen LogP contribution < -0.4 is 9.47 Å². The molecular weight excluding hydrogens is 444 g/mol. The molecule has 1 fully saturated rings. The van der Waals surface area contributed by atoms with Crippen LogP contribution in [0.4, 0.5) is 0 Å². The maximum absolute atomic E-state index is 6.46. The quantitative estimate of drug-likeness (QED) is 0.302. The second kappa shape index (κ2) is 12.7. The molecule has 0 N–H and O–H groups in total. The van der Waals surface area contributed by atoms with E-state index in [1.54, 1.807) is 19.6 Å². The Balaban J connectivity index is 1.28. The van der Waals surface area contributed by atoms with Crippen LogP contribution in [0.25, 0.3) is 0 Å². The van der Waals surface area contributed by atoms with Gasteiger partial charge in [-0.05, 0) is 48.2 Å². The lowest BCUT2D eigenvalue weighted by atomic mass is 10.0. The molecule has 0 radical (unpaired) electrons. The Hall–Kier alpha value is -2.87. The van der Waals surface area contributed by atoms with Gasteiger partial charge in [0.1, 0.15) is 17.6 Å². The molecular formula is C28H36N2O5. The van der Waals surface area contributed by atoms with Crippen LogP contribution in [-0.2, 0) is 33.8 Å². The molecule has 1 aliphatic heterocycles. The molecule has 2 atom stereocenters. The highest BCUT2D eigenvalue weighted by atomic mass is 16.8. The predicted molar refractivity (Wildman–Crippen MR) is 134 cm³/mol. The number of hydrogen-bond acceptors (Lipinski definition) is 6. The van der Waals surface area contributed by atoms with Crippen LogP contribution >= 0.6 is 0 Å². The summed E-state index contributed by atoms with van der Waals surface area (Å²) >= 11 is 0. The Morgan fingerprint density at radius 2 is 1.83 bits per heavy atom. The molecule has 1 aliphatic rings. The Bertz CT molecular complexity index is 991. The maximum Gasteiger partial charge on any atom is 0.187 e. The number of unbranched alkanes of at least 4 members (excludes halogenated alkanes) is 1. The van der Waals surface area contributed by atoms with Crippen LogP contribution in [0.15, 0.2) is 67.3 Å². The summed E-state index contributed by atoms with van der Waals surface area (Å²) in [5.41, 5.74) is 2.32. The molecule has 188 valence electrons. The first-order valence-electron chi connectivity index (χ1n) is 12.4. The molecule has 2 aromatic carbocycles. The SMILES string of the molecule is CCCCOc1ccc(COCC2COC(CCc3ccc(OC)cc3)(Cn3ccnc3)O2)cc1. The van der Waals surface area contributed by atoms with Gasteiger partial charge in [0.05, 0.1) is 46.4 Å². The molecule has 1 saturated heterocycles. The molecule has 3 aromatic rings. The second-order valence-corrected chi connectivity index (χ2v) is 8.91. The lowest BCUT2D eigenvalue weighted by molar-refractivity contribution is -0.187. The van der Waals surface area contributed by atoms with E-state index in [2.05, 4.69) is 24.0 Å². The van der Waals surface area contributed by atoms with Gasteiger partial charge in [0, 0.05) is 18.8 Å². The second-order valence-electron chi connectivity index (χ2n) is 8.91. The van der Waals surface area contributed by atoms with Gasteiger partial charge < -0.3 is 28.3 Å². The van der Waals surface area contributed by atoms with Gasteiger partial charge in [-0.1, -0.05) is 37.6 Å². The zero-order valence-electron chi connectivity index (χ0n) is 20.7. The predicted octanol–water partition coefficient (Wildman–Crippen LogP) is 5.03. The van der Waals surface area contributed by atoms with E-state index in [9.17, 15) is 0 Å². The van der Waals surface area contributed by atoms with Crippen LogP contribution in [0.3, 0.4) is 0 Å². The molecule has 35 heavy (non-hydrogen) atoms. The maximum atomic E-state index is 6.46. The van der Waals surface area contributed by atoms with Gasteiger partial charge in [-0.15, -0.1) is 0 Å². The highest BCUT2D eigenvalue weighted by Crippen LogP contribution is 2.31. The van der Waals surface area contributed by atoms with Crippen molar-refractivity contribution in [2.75, 3.05) is 26.9 Å². The normalized spacial score (nSPS) is 19.7. The van der Waals surface area contributed by atoms with Crippen molar-refractivity contribution in [2.45, 2.75) is 57.6 Å². The fourth-order valence-electron chi connectivity index (χ4n) is 4.10. The number of imidazole rings is 1. The molecule has 0 saturated carbocycles. The molecule has 0 spiro atoms. The fourth-order valence-corrected chi connectivity index (χ4v) is 4.10. The lowest BCUT2D eigenvalue weighted by Gasteiger charge is -2.28. The number of hydrogen-bond donors (Lipinski definition) is 0. The minimum Gasteiger partial charge on any atom is -0.497 e. The van der Waals surface area contributed by atoms with E-state index in [0.717, 1.165) is 49.4 Å². The highest BCUT2D eigenvalue weighted by Gasteiger charge is 2.41. The van der Waals surface area contributed by atoms with Gasteiger partial charge in [0.25, 0.3) is 0 Å². The summed E-state index contributed by atoms with van der Waals surface area (Å²) in [7, 11) is 1.68. The van der Waals surface area contributed by atoms with Gasteiger partial charge in [-0.3, -0.25) is 0 Å². The van der Waals surface area contributed by atoms with Crippen LogP contribution in [-0.4, -0.2) is 48.4 Å². The van der Waals surface area contributed by atoms with E-state index >= 15 is 0 Å². The van der Waals surface area contributed by atoms with Crippen molar-refractivity contribution in [2.24, 2.45) is 0 Å². The standard InChI is InChI=1S/C28H36N2O5/c1-3-4-17-33-26-11-7-24(8-12-26)18-32-19-27-20-34-28(35-27,21-30-16-15-29-22-30)14-13-23-5-9-25(31-2)10-6-23/h5-12,15-16,22,27H,3-4,13-14,17-21H2,1-2H3. The molecule has 0 aliphatic carbocycles. The van der Waals surface area contributed by atoms with Crippen molar-refractivity contribution >= 4 is 0 Å². The largest absolute Gasteiger partial charge is 0.497 e. The van der Waals surface area contributed by atoms with Crippen molar-refractivity contribution in [3.8, 4) is 11.5 Å². The van der Waals surface area contributed by atoms with Crippen molar-refractivity contribution in [3.05, 3.63) is 78.4 Å². The highest BCUT2D eigenvalue weighted by molar-refractivity contribution is 5.28. The zero-order chi connectivity index (χ0) is 24.3. The smallest absolute Gasteiger partial charge is 0.187 e. The average molecular weight is 481 g/mol. The zero-order valence-corrected chi connectivity index (χ0v) is 20.7. The molecule has 0 bridgehead atoms. The number of benzene rings is 2. The summed E-state index contributed by atoms with van der Waals surface area (Å²) in [5.74, 6) is 1.04. The minimum atomic E-state index is -0.716.